The molecule has 0 atom stereocenters. The van der Waals surface area contributed by atoms with Crippen molar-refractivity contribution in [1.29, 1.82) is 0 Å². The zero-order valence-corrected chi connectivity index (χ0v) is 7.46. The minimum atomic E-state index is 0. The van der Waals surface area contributed by atoms with Gasteiger partial charge in [-0.25, -0.2) is 0 Å². The molecule has 0 aromatic carbocycles. The zero-order chi connectivity index (χ0) is 0. The van der Waals surface area contributed by atoms with Crippen LogP contribution in [0.25, 0.3) is 0 Å². The van der Waals surface area contributed by atoms with Crippen LogP contribution in [-0.2, 0) is 16.5 Å². The molecule has 0 rings (SSSR count). The Morgan fingerprint density at radius 3 is 0.429 bits per heavy atom. The Labute approximate surface area is 70.1 Å². The molecule has 0 fully saturated rings. The molecule has 50 valence electrons. The van der Waals surface area contributed by atoms with Crippen LogP contribution >= 0.6 is 0 Å². The first-order chi connectivity index (χ1) is 0. The van der Waals surface area contributed by atoms with E-state index in [0.717, 1.165) is 0 Å². The average molecular weight is 353 g/mol. The van der Waals surface area contributed by atoms with Crippen molar-refractivity contribution >= 4 is 26.2 Å². The molecule has 2 radical (unpaired) electrons. The van der Waals surface area contributed by atoms with Gasteiger partial charge in [0.05, 0.1) is 0 Å². The molecule has 5 nitrogen and oxygen atoms in total. The van der Waals surface area contributed by atoms with Crippen LogP contribution in [0.2, 0.25) is 0 Å². The van der Waals surface area contributed by atoms with Crippen molar-refractivity contribution in [2.24, 2.45) is 0 Å². The van der Waals surface area contributed by atoms with Gasteiger partial charge in [0.1, 0.15) is 0 Å². The van der Waals surface area contributed by atoms with E-state index >= 15 is 0 Å². The number of hydrogen-bond donors (Lipinski definition) is 0. The first kappa shape index (κ1) is 304. The number of rotatable bonds is 0. The van der Waals surface area contributed by atoms with E-state index in [9.17, 15) is 0 Å². The molecule has 7 heteroatoms. The van der Waals surface area contributed by atoms with Crippen molar-refractivity contribution in [1.82, 2.24) is 0 Å². The van der Waals surface area contributed by atoms with Gasteiger partial charge in [0.2, 0.25) is 0 Å². The first-order valence-corrected chi connectivity index (χ1v) is 0. The molecular formula is H5BiNiO5. The van der Waals surface area contributed by atoms with E-state index in [1.165, 1.54) is 0 Å². The topological polar surface area (TPSA) is 150 Å². The van der Waals surface area contributed by atoms with E-state index in [0.29, 0.717) is 0 Å². The Bertz CT molecular complexity index is 8.04. The van der Waals surface area contributed by atoms with Crippen LogP contribution in [0.1, 0.15) is 0 Å². The summed E-state index contributed by atoms with van der Waals surface area (Å²) < 4.78 is 0. The second-order valence-corrected chi connectivity index (χ2v) is 0. The van der Waals surface area contributed by atoms with Gasteiger partial charge in [0.15, 0.2) is 0 Å². The second kappa shape index (κ2) is 198. The molecular weight excluding hydrogens is 348 g/mol. The van der Waals surface area contributed by atoms with Crippen LogP contribution in [0.3, 0.4) is 0 Å². The molecule has 0 heterocycles. The van der Waals surface area contributed by atoms with E-state index in [4.69, 9.17) is 0 Å². The second-order valence-electron chi connectivity index (χ2n) is 0. The van der Waals surface area contributed by atoms with E-state index in [-0.39, 0.29) is 70.1 Å². The standard InChI is InChI=1S/Bi.Ni.5H2O/h;;5*1H2/q+3;+2;;;;;/p-5. The molecule has 5 N–H and O–H groups in total. The molecule has 0 spiro atoms. The smallest absolute Gasteiger partial charge is 0.870 e. The average Bonchev–Trinajstić information content (AvgIpc) is 0. The van der Waals surface area contributed by atoms with Crippen LogP contribution in [-0.4, -0.2) is 53.6 Å². The minimum Gasteiger partial charge on any atom is -0.870 e. The fraction of sp³-hybridized carbons (Fsp3) is 0. The summed E-state index contributed by atoms with van der Waals surface area (Å²) in [6.45, 7) is 0. The van der Waals surface area contributed by atoms with E-state index in [1.54, 1.807) is 0 Å². The molecule has 0 aliphatic heterocycles. The third kappa shape index (κ3) is 139. The van der Waals surface area contributed by atoms with Crippen LogP contribution in [0.15, 0.2) is 0 Å². The van der Waals surface area contributed by atoms with E-state index < -0.39 is 0 Å². The molecule has 0 bridgehead atoms. The summed E-state index contributed by atoms with van der Waals surface area (Å²) in [7, 11) is 0. The van der Waals surface area contributed by atoms with Crippen LogP contribution < -0.4 is 0 Å². The van der Waals surface area contributed by atoms with Crippen molar-refractivity contribution < 1.29 is 43.9 Å². The van der Waals surface area contributed by atoms with Crippen LogP contribution in [0.5, 0.6) is 0 Å². The maximum absolute atomic E-state index is 0. The molecule has 0 amide bonds. The van der Waals surface area contributed by atoms with Gasteiger partial charge in [-0.15, -0.1) is 0 Å². The Balaban J connectivity index is 0. The molecule has 7 heavy (non-hydrogen) atoms. The monoisotopic (exact) mass is 352 g/mol. The van der Waals surface area contributed by atoms with Gasteiger partial charge in [-0.3, -0.25) is 0 Å². The fourth-order valence-corrected chi connectivity index (χ4v) is 0. The predicted octanol–water partition coefficient (Wildman–Crippen LogP) is -1.27. The summed E-state index contributed by atoms with van der Waals surface area (Å²) in [4.78, 5) is 0. The quantitative estimate of drug-likeness (QED) is 0.498. The van der Waals surface area contributed by atoms with Gasteiger partial charge in [0, 0.05) is 0 Å². The van der Waals surface area contributed by atoms with Crippen molar-refractivity contribution in [2.75, 3.05) is 0 Å². The largest absolute Gasteiger partial charge is 3.00 e. The van der Waals surface area contributed by atoms with Gasteiger partial charge in [-0.1, -0.05) is 0 Å². The SMILES string of the molecule is [Bi+3].[Ni+2].[OH-].[OH-].[OH-].[OH-].[OH-]. The summed E-state index contributed by atoms with van der Waals surface area (Å²) in [5.74, 6) is 0. The third-order valence-corrected chi connectivity index (χ3v) is 0. The van der Waals surface area contributed by atoms with Gasteiger partial charge in [0.25, 0.3) is 0 Å². The van der Waals surface area contributed by atoms with Crippen LogP contribution in [0, 0.1) is 0 Å². The number of hydrogen-bond acceptors (Lipinski definition) is 5. The van der Waals surface area contributed by atoms with Crippen LogP contribution in [0.4, 0.5) is 0 Å². The van der Waals surface area contributed by atoms with Crippen molar-refractivity contribution in [3.8, 4) is 0 Å². The summed E-state index contributed by atoms with van der Waals surface area (Å²) in [6.07, 6.45) is 0. The Morgan fingerprint density at radius 1 is 0.429 bits per heavy atom. The Morgan fingerprint density at radius 2 is 0.429 bits per heavy atom. The molecule has 0 aromatic rings. The fourth-order valence-electron chi connectivity index (χ4n) is 0. The summed E-state index contributed by atoms with van der Waals surface area (Å²) in [6, 6.07) is 0. The molecule has 0 aliphatic rings. The normalized spacial score (nSPS) is 0. The van der Waals surface area contributed by atoms with Crippen molar-refractivity contribution in [3.63, 3.8) is 0 Å². The molecule has 0 saturated carbocycles. The van der Waals surface area contributed by atoms with Gasteiger partial charge in [-0.2, -0.15) is 0 Å². The van der Waals surface area contributed by atoms with Gasteiger partial charge in [-0.05, 0) is 0 Å². The molecule has 0 aromatic heterocycles. The van der Waals surface area contributed by atoms with Crippen molar-refractivity contribution in [2.45, 2.75) is 0 Å². The maximum atomic E-state index is 0. The maximum Gasteiger partial charge on any atom is 3.00 e. The minimum absolute atomic E-state index is 0. The van der Waals surface area contributed by atoms with E-state index in [2.05, 4.69) is 0 Å². The van der Waals surface area contributed by atoms with Gasteiger partial charge < -0.3 is 27.4 Å². The third-order valence-electron chi connectivity index (χ3n) is 0. The Hall–Kier alpha value is 1.18. The molecule has 0 saturated heterocycles. The molecule has 0 aliphatic carbocycles. The van der Waals surface area contributed by atoms with E-state index in [1.807, 2.05) is 0 Å². The summed E-state index contributed by atoms with van der Waals surface area (Å²) in [5.41, 5.74) is 0. The summed E-state index contributed by atoms with van der Waals surface area (Å²) in [5, 5.41) is 0. The summed E-state index contributed by atoms with van der Waals surface area (Å²) >= 11 is 0. The Kier molecular flexibility index (Phi) is 8590. The van der Waals surface area contributed by atoms with Gasteiger partial charge >= 0.3 is 42.7 Å². The first-order valence-electron chi connectivity index (χ1n) is 0. The zero-order valence-electron chi connectivity index (χ0n) is 3.00. The molecule has 0 unspecified atom stereocenters. The predicted molar refractivity (Wildman–Crippen MR) is 15.4 cm³/mol. The van der Waals surface area contributed by atoms with Crippen molar-refractivity contribution in [3.05, 3.63) is 0 Å².